The minimum atomic E-state index is -1.97. The number of rotatable bonds is 6. The molecule has 0 aromatic heterocycles. The van der Waals surface area contributed by atoms with E-state index in [-0.39, 0.29) is 16.9 Å². The molecule has 2 aromatic rings. The van der Waals surface area contributed by atoms with Crippen molar-refractivity contribution in [2.24, 2.45) is 0 Å². The van der Waals surface area contributed by atoms with E-state index in [1.165, 1.54) is 0 Å². The van der Waals surface area contributed by atoms with Crippen LogP contribution in [-0.4, -0.2) is 14.1 Å². The molecule has 2 nitrogen and oxygen atoms in total. The molecule has 0 saturated carbocycles. The average molecular weight is 341 g/mol. The van der Waals surface area contributed by atoms with Crippen LogP contribution in [0.1, 0.15) is 49.2 Å². The number of hydrogen-bond acceptors (Lipinski definition) is 2. The van der Waals surface area contributed by atoms with Crippen molar-refractivity contribution in [2.75, 3.05) is 0 Å². The molecular formula is C21H28O2Si. The van der Waals surface area contributed by atoms with E-state index in [9.17, 15) is 4.79 Å². The summed E-state index contributed by atoms with van der Waals surface area (Å²) in [5, 5.41) is 0.107. The van der Waals surface area contributed by atoms with Gasteiger partial charge in [0.25, 0.3) is 0 Å². The molecule has 0 bridgehead atoms. The Morgan fingerprint density at radius 2 is 1.46 bits per heavy atom. The number of ketones is 1. The summed E-state index contributed by atoms with van der Waals surface area (Å²) in [5.41, 5.74) is 1.82. The second-order valence-corrected chi connectivity index (χ2v) is 12.5. The molecule has 0 spiro atoms. The fourth-order valence-corrected chi connectivity index (χ4v) is 3.62. The lowest BCUT2D eigenvalue weighted by Crippen LogP contribution is -2.42. The van der Waals surface area contributed by atoms with Gasteiger partial charge in [0.05, 0.1) is 6.10 Å². The summed E-state index contributed by atoms with van der Waals surface area (Å²) >= 11 is 0. The summed E-state index contributed by atoms with van der Waals surface area (Å²) in [6.45, 7) is 11.1. The Morgan fingerprint density at radius 3 is 1.96 bits per heavy atom. The van der Waals surface area contributed by atoms with Gasteiger partial charge in [-0.05, 0) is 23.7 Å². The fourth-order valence-electron chi connectivity index (χ4n) is 2.34. The molecule has 0 saturated heterocycles. The van der Waals surface area contributed by atoms with Crippen LogP contribution in [0.2, 0.25) is 18.1 Å². The monoisotopic (exact) mass is 340 g/mol. The van der Waals surface area contributed by atoms with Crippen molar-refractivity contribution in [3.05, 3.63) is 71.8 Å². The Morgan fingerprint density at radius 1 is 0.958 bits per heavy atom. The highest BCUT2D eigenvalue weighted by molar-refractivity contribution is 6.74. The van der Waals surface area contributed by atoms with E-state index in [1.807, 2.05) is 48.5 Å². The SMILES string of the molecule is CC(C)(C)[Si](C)(C)OC(CC(=O)c1ccccc1)c1ccccc1. The summed E-state index contributed by atoms with van der Waals surface area (Å²) in [7, 11) is -1.97. The lowest BCUT2D eigenvalue weighted by Gasteiger charge is -2.39. The van der Waals surface area contributed by atoms with E-state index < -0.39 is 8.32 Å². The Labute approximate surface area is 147 Å². The first kappa shape index (κ1) is 18.6. The maximum absolute atomic E-state index is 12.7. The maximum atomic E-state index is 12.7. The Balaban J connectivity index is 2.26. The first-order chi connectivity index (χ1) is 11.2. The van der Waals surface area contributed by atoms with E-state index in [0.717, 1.165) is 11.1 Å². The zero-order valence-electron chi connectivity index (χ0n) is 15.4. The Bertz CT molecular complexity index is 657. The van der Waals surface area contributed by atoms with Crippen molar-refractivity contribution in [3.63, 3.8) is 0 Å². The van der Waals surface area contributed by atoms with Crippen molar-refractivity contribution in [1.82, 2.24) is 0 Å². The molecule has 0 fully saturated rings. The molecular weight excluding hydrogens is 312 g/mol. The number of carbonyl (C=O) groups excluding carboxylic acids is 1. The summed E-state index contributed by atoms with van der Waals surface area (Å²) in [6, 6.07) is 19.6. The zero-order valence-corrected chi connectivity index (χ0v) is 16.4. The smallest absolute Gasteiger partial charge is 0.192 e. The molecule has 2 aromatic carbocycles. The van der Waals surface area contributed by atoms with Crippen molar-refractivity contribution < 1.29 is 9.22 Å². The van der Waals surface area contributed by atoms with Crippen molar-refractivity contribution in [1.29, 1.82) is 0 Å². The number of carbonyl (C=O) groups is 1. The highest BCUT2D eigenvalue weighted by Gasteiger charge is 2.39. The molecule has 0 N–H and O–H groups in total. The lowest BCUT2D eigenvalue weighted by molar-refractivity contribution is 0.0891. The zero-order chi connectivity index (χ0) is 17.8. The molecule has 0 aliphatic carbocycles. The van der Waals surface area contributed by atoms with Gasteiger partial charge in [-0.1, -0.05) is 81.4 Å². The van der Waals surface area contributed by atoms with Gasteiger partial charge in [-0.15, -0.1) is 0 Å². The van der Waals surface area contributed by atoms with Gasteiger partial charge >= 0.3 is 0 Å². The normalized spacial score (nSPS) is 13.5. The van der Waals surface area contributed by atoms with Crippen molar-refractivity contribution in [2.45, 2.75) is 51.4 Å². The molecule has 0 aliphatic heterocycles. The van der Waals surface area contributed by atoms with Gasteiger partial charge in [0.15, 0.2) is 14.1 Å². The predicted octanol–water partition coefficient (Wildman–Crippen LogP) is 6.02. The van der Waals surface area contributed by atoms with Crippen LogP contribution in [0, 0.1) is 0 Å². The molecule has 3 heteroatoms. The van der Waals surface area contributed by atoms with E-state index in [2.05, 4.69) is 46.0 Å². The molecule has 2 rings (SSSR count). The van der Waals surface area contributed by atoms with Crippen LogP contribution in [0.4, 0.5) is 0 Å². The van der Waals surface area contributed by atoms with Crippen molar-refractivity contribution in [3.8, 4) is 0 Å². The maximum Gasteiger partial charge on any atom is 0.192 e. The van der Waals surface area contributed by atoms with Crippen molar-refractivity contribution >= 4 is 14.1 Å². The van der Waals surface area contributed by atoms with Gasteiger partial charge in [0, 0.05) is 12.0 Å². The van der Waals surface area contributed by atoms with Crippen LogP contribution in [0.3, 0.4) is 0 Å². The molecule has 1 atom stereocenters. The van der Waals surface area contributed by atoms with E-state index >= 15 is 0 Å². The highest BCUT2D eigenvalue weighted by atomic mass is 28.4. The second-order valence-electron chi connectivity index (χ2n) is 7.77. The van der Waals surface area contributed by atoms with Crippen LogP contribution >= 0.6 is 0 Å². The topological polar surface area (TPSA) is 26.3 Å². The molecule has 0 heterocycles. The number of Topliss-reactive ketones (excluding diaryl/α,β-unsaturated/α-hetero) is 1. The first-order valence-corrected chi connectivity index (χ1v) is 11.4. The number of hydrogen-bond donors (Lipinski definition) is 0. The quantitative estimate of drug-likeness (QED) is 0.474. The highest BCUT2D eigenvalue weighted by Crippen LogP contribution is 2.40. The molecule has 0 radical (unpaired) electrons. The second kappa shape index (κ2) is 7.45. The lowest BCUT2D eigenvalue weighted by atomic mass is 10.0. The number of benzene rings is 2. The van der Waals surface area contributed by atoms with Gasteiger partial charge in [0.2, 0.25) is 0 Å². The molecule has 128 valence electrons. The first-order valence-electron chi connectivity index (χ1n) is 8.52. The average Bonchev–Trinajstić information content (AvgIpc) is 2.54. The fraction of sp³-hybridized carbons (Fsp3) is 0.381. The predicted molar refractivity (Wildman–Crippen MR) is 103 cm³/mol. The third-order valence-electron chi connectivity index (χ3n) is 4.88. The summed E-state index contributed by atoms with van der Waals surface area (Å²) in [5.74, 6) is 0.128. The van der Waals surface area contributed by atoms with E-state index in [1.54, 1.807) is 0 Å². The Kier molecular flexibility index (Phi) is 5.78. The Hall–Kier alpha value is -1.71. The molecule has 0 amide bonds. The molecule has 24 heavy (non-hydrogen) atoms. The van der Waals surface area contributed by atoms with Crippen LogP contribution in [0.5, 0.6) is 0 Å². The van der Waals surface area contributed by atoms with E-state index in [4.69, 9.17) is 4.43 Å². The van der Waals surface area contributed by atoms with Crippen LogP contribution in [-0.2, 0) is 4.43 Å². The third-order valence-corrected chi connectivity index (χ3v) is 9.37. The van der Waals surface area contributed by atoms with Crippen LogP contribution < -0.4 is 0 Å². The van der Waals surface area contributed by atoms with Crippen LogP contribution in [0.15, 0.2) is 60.7 Å². The van der Waals surface area contributed by atoms with Gasteiger partial charge in [-0.3, -0.25) is 4.79 Å². The largest absolute Gasteiger partial charge is 0.409 e. The standard InChI is InChI=1S/C21H28O2Si/c1-21(2,3)24(4,5)23-20(18-14-10-7-11-15-18)16-19(22)17-12-8-6-9-13-17/h6-15,20H,16H2,1-5H3. The van der Waals surface area contributed by atoms with Gasteiger partial charge < -0.3 is 4.43 Å². The molecule has 0 aliphatic rings. The van der Waals surface area contributed by atoms with Gasteiger partial charge in [0.1, 0.15) is 0 Å². The minimum absolute atomic E-state index is 0.107. The minimum Gasteiger partial charge on any atom is -0.409 e. The summed E-state index contributed by atoms with van der Waals surface area (Å²) in [6.07, 6.45) is 0.181. The third kappa shape index (κ3) is 4.65. The molecule has 1 unspecified atom stereocenters. The summed E-state index contributed by atoms with van der Waals surface area (Å²) in [4.78, 5) is 12.7. The summed E-state index contributed by atoms with van der Waals surface area (Å²) < 4.78 is 6.60. The van der Waals surface area contributed by atoms with Gasteiger partial charge in [-0.25, -0.2) is 0 Å². The van der Waals surface area contributed by atoms with Gasteiger partial charge in [-0.2, -0.15) is 0 Å². The van der Waals surface area contributed by atoms with Crippen LogP contribution in [0.25, 0.3) is 0 Å². The van der Waals surface area contributed by atoms with E-state index in [0.29, 0.717) is 6.42 Å².